The van der Waals surface area contributed by atoms with Crippen molar-refractivity contribution in [3.63, 3.8) is 0 Å². The van der Waals surface area contributed by atoms with E-state index in [0.717, 1.165) is 34.8 Å². The normalized spacial score (nSPS) is 10.6. The van der Waals surface area contributed by atoms with Crippen molar-refractivity contribution in [3.05, 3.63) is 108 Å². The van der Waals surface area contributed by atoms with E-state index in [1.807, 2.05) is 42.5 Å². The van der Waals surface area contributed by atoms with Gasteiger partial charge in [-0.25, -0.2) is 4.98 Å². The number of hydrogen-bond donors (Lipinski definition) is 0. The van der Waals surface area contributed by atoms with Gasteiger partial charge in [-0.2, -0.15) is 0 Å². The van der Waals surface area contributed by atoms with E-state index in [1.54, 1.807) is 12.4 Å². The third-order valence-electron chi connectivity index (χ3n) is 4.65. The number of aromatic nitrogens is 3. The van der Waals surface area contributed by atoms with Crippen LogP contribution in [-0.4, -0.2) is 15.0 Å². The molecular formula is C25H21N3. The Labute approximate surface area is 165 Å². The molecule has 0 amide bonds. The van der Waals surface area contributed by atoms with Crippen LogP contribution in [-0.2, 0) is 6.42 Å². The molecule has 3 heteroatoms. The maximum atomic E-state index is 4.83. The number of aryl methyl sites for hydroxylation is 1. The Morgan fingerprint density at radius 2 is 1.43 bits per heavy atom. The van der Waals surface area contributed by atoms with Gasteiger partial charge in [0.05, 0.1) is 22.8 Å². The van der Waals surface area contributed by atoms with E-state index < -0.39 is 0 Å². The smallest absolute Gasteiger partial charge is 0.0897 e. The predicted molar refractivity (Wildman–Crippen MR) is 115 cm³/mol. The molecule has 0 unspecified atom stereocenters. The molecule has 0 atom stereocenters. The summed E-state index contributed by atoms with van der Waals surface area (Å²) in [5.74, 6) is 0. The molecular weight excluding hydrogens is 342 g/mol. The first kappa shape index (κ1) is 17.8. The van der Waals surface area contributed by atoms with Gasteiger partial charge in [-0.3, -0.25) is 9.97 Å². The molecule has 3 heterocycles. The molecule has 0 saturated heterocycles. The summed E-state index contributed by atoms with van der Waals surface area (Å²) in [5.41, 5.74) is 8.23. The lowest BCUT2D eigenvalue weighted by molar-refractivity contribution is 1.14. The number of rotatable bonds is 5. The first-order valence-corrected chi connectivity index (χ1v) is 9.28. The average molecular weight is 363 g/mol. The highest BCUT2D eigenvalue weighted by Crippen LogP contribution is 2.25. The van der Waals surface area contributed by atoms with Gasteiger partial charge in [0.2, 0.25) is 0 Å². The lowest BCUT2D eigenvalue weighted by atomic mass is 9.97. The van der Waals surface area contributed by atoms with E-state index >= 15 is 0 Å². The van der Waals surface area contributed by atoms with Gasteiger partial charge in [0, 0.05) is 12.4 Å². The highest BCUT2D eigenvalue weighted by atomic mass is 14.8. The largest absolute Gasteiger partial charge is 0.255 e. The first-order chi connectivity index (χ1) is 13.7. The molecule has 136 valence electrons. The van der Waals surface area contributed by atoms with Crippen LogP contribution in [0.3, 0.4) is 0 Å². The van der Waals surface area contributed by atoms with E-state index in [2.05, 4.69) is 53.8 Å². The summed E-state index contributed by atoms with van der Waals surface area (Å²) in [6, 6.07) is 22.4. The maximum absolute atomic E-state index is 4.83. The quantitative estimate of drug-likeness (QED) is 0.453. The zero-order valence-electron chi connectivity index (χ0n) is 15.8. The van der Waals surface area contributed by atoms with E-state index in [1.165, 1.54) is 16.7 Å². The molecule has 4 aromatic rings. The van der Waals surface area contributed by atoms with Crippen LogP contribution in [0.1, 0.15) is 22.3 Å². The van der Waals surface area contributed by atoms with Crippen LogP contribution in [0.5, 0.6) is 0 Å². The number of pyridine rings is 3. The van der Waals surface area contributed by atoms with Crippen molar-refractivity contribution < 1.29 is 0 Å². The van der Waals surface area contributed by atoms with Crippen molar-refractivity contribution in [2.45, 2.75) is 13.3 Å². The van der Waals surface area contributed by atoms with Crippen LogP contribution in [0.25, 0.3) is 28.9 Å². The number of nitrogens with zero attached hydrogens (tertiary/aromatic N) is 3. The summed E-state index contributed by atoms with van der Waals surface area (Å²) in [7, 11) is 0. The summed E-state index contributed by atoms with van der Waals surface area (Å²) < 4.78 is 0. The molecule has 0 spiro atoms. The van der Waals surface area contributed by atoms with Crippen molar-refractivity contribution in [3.8, 4) is 22.8 Å². The zero-order chi connectivity index (χ0) is 19.3. The summed E-state index contributed by atoms with van der Waals surface area (Å²) in [6.45, 7) is 6.07. The molecule has 0 aliphatic heterocycles. The van der Waals surface area contributed by atoms with Crippen molar-refractivity contribution in [2.24, 2.45) is 0 Å². The van der Waals surface area contributed by atoms with Crippen LogP contribution in [0, 0.1) is 6.92 Å². The summed E-state index contributed by atoms with van der Waals surface area (Å²) in [6.07, 6.45) is 6.29. The molecule has 3 aromatic heterocycles. The van der Waals surface area contributed by atoms with E-state index in [-0.39, 0.29) is 0 Å². The minimum atomic E-state index is 0.797. The fraction of sp³-hybridized carbons (Fsp3) is 0.0800. The Kier molecular flexibility index (Phi) is 5.07. The SMILES string of the molecule is C=Cc1ccc(C)cc1Cc1cc(-c2ccccn2)nc(-c2ccccn2)c1. The molecule has 1 aromatic carbocycles. The average Bonchev–Trinajstić information content (AvgIpc) is 2.75. The molecule has 0 saturated carbocycles. The third kappa shape index (κ3) is 3.89. The Morgan fingerprint density at radius 3 is 1.96 bits per heavy atom. The molecule has 0 radical (unpaired) electrons. The molecule has 4 rings (SSSR count). The van der Waals surface area contributed by atoms with Gasteiger partial charge >= 0.3 is 0 Å². The minimum Gasteiger partial charge on any atom is -0.255 e. The number of benzene rings is 1. The van der Waals surface area contributed by atoms with Crippen molar-refractivity contribution in [1.29, 1.82) is 0 Å². The Balaban J connectivity index is 1.83. The molecule has 28 heavy (non-hydrogen) atoms. The first-order valence-electron chi connectivity index (χ1n) is 9.28. The van der Waals surface area contributed by atoms with Crippen LogP contribution in [0.2, 0.25) is 0 Å². The lowest BCUT2D eigenvalue weighted by Gasteiger charge is -2.11. The molecule has 3 nitrogen and oxygen atoms in total. The van der Waals surface area contributed by atoms with Crippen LogP contribution >= 0.6 is 0 Å². The van der Waals surface area contributed by atoms with Gasteiger partial charge in [0.15, 0.2) is 0 Å². The number of hydrogen-bond acceptors (Lipinski definition) is 3. The van der Waals surface area contributed by atoms with E-state index in [4.69, 9.17) is 4.98 Å². The van der Waals surface area contributed by atoms with Crippen molar-refractivity contribution >= 4 is 6.08 Å². The van der Waals surface area contributed by atoms with Crippen LogP contribution < -0.4 is 0 Å². The van der Waals surface area contributed by atoms with Gasteiger partial charge in [0.25, 0.3) is 0 Å². The highest BCUT2D eigenvalue weighted by molar-refractivity contribution is 5.64. The Morgan fingerprint density at radius 1 is 0.786 bits per heavy atom. The standard InChI is InChI=1S/C25H21N3/c1-3-20-11-10-18(2)14-21(20)15-19-16-24(22-8-4-6-12-26-22)28-25(17-19)23-9-5-7-13-27-23/h3-14,16-17H,1,15H2,2H3. The van der Waals surface area contributed by atoms with Crippen molar-refractivity contribution in [1.82, 2.24) is 15.0 Å². The van der Waals surface area contributed by atoms with Gasteiger partial charge in [0.1, 0.15) is 0 Å². The second-order valence-electron chi connectivity index (χ2n) is 6.76. The van der Waals surface area contributed by atoms with E-state index in [0.29, 0.717) is 0 Å². The fourth-order valence-corrected chi connectivity index (χ4v) is 3.29. The molecule has 0 aliphatic carbocycles. The summed E-state index contributed by atoms with van der Waals surface area (Å²) in [5, 5.41) is 0. The minimum absolute atomic E-state index is 0.797. The monoisotopic (exact) mass is 363 g/mol. The van der Waals surface area contributed by atoms with E-state index in [9.17, 15) is 0 Å². The van der Waals surface area contributed by atoms with Gasteiger partial charge in [-0.1, -0.05) is 48.6 Å². The van der Waals surface area contributed by atoms with Gasteiger partial charge in [-0.15, -0.1) is 0 Å². The predicted octanol–water partition coefficient (Wildman–Crippen LogP) is 5.75. The molecule has 0 bridgehead atoms. The van der Waals surface area contributed by atoms with Gasteiger partial charge < -0.3 is 0 Å². The molecule has 0 aliphatic rings. The molecule has 0 fully saturated rings. The fourth-order valence-electron chi connectivity index (χ4n) is 3.29. The van der Waals surface area contributed by atoms with Gasteiger partial charge in [-0.05, 0) is 66.4 Å². The topological polar surface area (TPSA) is 38.7 Å². The Bertz CT molecular complexity index is 1050. The second kappa shape index (κ2) is 7.97. The second-order valence-corrected chi connectivity index (χ2v) is 6.76. The Hall–Kier alpha value is -3.59. The van der Waals surface area contributed by atoms with Crippen LogP contribution in [0.15, 0.2) is 85.7 Å². The summed E-state index contributed by atoms with van der Waals surface area (Å²) >= 11 is 0. The molecule has 0 N–H and O–H groups in total. The zero-order valence-corrected chi connectivity index (χ0v) is 15.8. The lowest BCUT2D eigenvalue weighted by Crippen LogP contribution is -1.98. The summed E-state index contributed by atoms with van der Waals surface area (Å²) in [4.78, 5) is 13.8. The maximum Gasteiger partial charge on any atom is 0.0897 e. The van der Waals surface area contributed by atoms with Crippen LogP contribution in [0.4, 0.5) is 0 Å². The highest BCUT2D eigenvalue weighted by Gasteiger charge is 2.10. The van der Waals surface area contributed by atoms with Crippen molar-refractivity contribution in [2.75, 3.05) is 0 Å². The third-order valence-corrected chi connectivity index (χ3v) is 4.65.